The van der Waals surface area contributed by atoms with Crippen LogP contribution in [0.15, 0.2) is 29.9 Å². The molecule has 7 nitrogen and oxygen atoms in total. The number of amides is 1. The Kier molecular flexibility index (Phi) is 7.81. The summed E-state index contributed by atoms with van der Waals surface area (Å²) in [5.41, 5.74) is 4.53. The Bertz CT molecular complexity index is 1210. The molecule has 8 heteroatoms. The number of nitrogens with zero attached hydrogens (tertiary/aromatic N) is 4. The molecule has 1 amide bonds. The number of hydrogen-bond acceptors (Lipinski definition) is 6. The summed E-state index contributed by atoms with van der Waals surface area (Å²) < 4.78 is 7.65. The summed E-state index contributed by atoms with van der Waals surface area (Å²) in [6.07, 6.45) is 5.15. The largest absolute Gasteiger partial charge is 0.496 e. The molecule has 3 aromatic rings. The highest BCUT2D eigenvalue weighted by molar-refractivity contribution is 7.13. The molecule has 4 rings (SSSR count). The van der Waals surface area contributed by atoms with Crippen LogP contribution < -0.4 is 4.74 Å². The van der Waals surface area contributed by atoms with Gasteiger partial charge >= 0.3 is 0 Å². The van der Waals surface area contributed by atoms with E-state index in [0.29, 0.717) is 24.8 Å². The van der Waals surface area contributed by atoms with Crippen LogP contribution in [-0.4, -0.2) is 50.6 Å². The molecule has 0 saturated carbocycles. The number of benzene rings is 1. The Morgan fingerprint density at radius 3 is 2.27 bits per heavy atom. The highest BCUT2D eigenvalue weighted by Crippen LogP contribution is 2.43. The molecule has 1 aliphatic rings. The number of aliphatic hydroxyl groups excluding tert-OH is 1. The zero-order chi connectivity index (χ0) is 27.0. The number of thiazole rings is 1. The van der Waals surface area contributed by atoms with Crippen LogP contribution in [0.3, 0.4) is 0 Å². The summed E-state index contributed by atoms with van der Waals surface area (Å²) in [6, 6.07) is 4.49. The van der Waals surface area contributed by atoms with E-state index in [2.05, 4.69) is 64.0 Å². The molecule has 37 heavy (non-hydrogen) atoms. The summed E-state index contributed by atoms with van der Waals surface area (Å²) in [4.78, 5) is 23.9. The van der Waals surface area contributed by atoms with Crippen molar-refractivity contribution in [2.75, 3.05) is 20.2 Å². The number of ether oxygens (including phenoxy) is 1. The maximum Gasteiger partial charge on any atom is 0.242 e. The summed E-state index contributed by atoms with van der Waals surface area (Å²) in [5, 5.41) is 12.6. The zero-order valence-corrected chi connectivity index (χ0v) is 24.0. The number of aliphatic hydroxyl groups is 1. The second kappa shape index (κ2) is 10.6. The van der Waals surface area contributed by atoms with Crippen LogP contribution >= 0.6 is 11.3 Å². The fourth-order valence-electron chi connectivity index (χ4n) is 5.00. The van der Waals surface area contributed by atoms with Crippen LogP contribution in [0.5, 0.6) is 5.75 Å². The molecular formula is C29H40N4O3S. The van der Waals surface area contributed by atoms with Crippen molar-refractivity contribution in [3.8, 4) is 16.3 Å². The van der Waals surface area contributed by atoms with Crippen LogP contribution in [0.25, 0.3) is 10.6 Å². The molecule has 0 atom stereocenters. The number of piperidine rings is 1. The van der Waals surface area contributed by atoms with Gasteiger partial charge in [0.05, 0.1) is 12.8 Å². The average molecular weight is 525 g/mol. The second-order valence-electron chi connectivity index (χ2n) is 12.0. The lowest BCUT2D eigenvalue weighted by Crippen LogP contribution is -2.39. The minimum Gasteiger partial charge on any atom is -0.496 e. The van der Waals surface area contributed by atoms with Gasteiger partial charge in [0.25, 0.3) is 0 Å². The van der Waals surface area contributed by atoms with Gasteiger partial charge in [-0.3, -0.25) is 4.79 Å². The lowest BCUT2D eigenvalue weighted by atomic mass is 9.78. The first-order chi connectivity index (χ1) is 17.4. The fraction of sp³-hybridized carbons (Fsp3) is 0.552. The van der Waals surface area contributed by atoms with E-state index in [0.717, 1.165) is 34.9 Å². The number of carbonyl (C=O) groups excluding carboxylic acids is 1. The molecular weight excluding hydrogens is 484 g/mol. The SMILES string of the molecule is COc1c(C(C)(C)C)cc(-c2nc(C3CCN(C(=O)Cn4ccnc4CO)CC3)cs2)cc1C(C)(C)C. The van der Waals surface area contributed by atoms with Crippen LogP contribution in [0, 0.1) is 0 Å². The third-order valence-electron chi connectivity index (χ3n) is 7.19. The lowest BCUT2D eigenvalue weighted by molar-refractivity contribution is -0.133. The zero-order valence-electron chi connectivity index (χ0n) is 23.2. The number of imidazole rings is 1. The van der Waals surface area contributed by atoms with Crippen molar-refractivity contribution < 1.29 is 14.6 Å². The van der Waals surface area contributed by atoms with Crippen LogP contribution in [0.4, 0.5) is 0 Å². The van der Waals surface area contributed by atoms with E-state index in [4.69, 9.17) is 9.72 Å². The van der Waals surface area contributed by atoms with E-state index < -0.39 is 0 Å². The molecule has 0 unspecified atom stereocenters. The van der Waals surface area contributed by atoms with Gasteiger partial charge in [0.1, 0.15) is 29.7 Å². The summed E-state index contributed by atoms with van der Waals surface area (Å²) >= 11 is 1.70. The van der Waals surface area contributed by atoms with Crippen molar-refractivity contribution in [2.45, 2.75) is 84.3 Å². The second-order valence-corrected chi connectivity index (χ2v) is 12.8. The molecule has 200 valence electrons. The highest BCUT2D eigenvalue weighted by Gasteiger charge is 2.29. The van der Waals surface area contributed by atoms with Crippen molar-refractivity contribution in [2.24, 2.45) is 0 Å². The minimum atomic E-state index is -0.169. The van der Waals surface area contributed by atoms with E-state index in [-0.39, 0.29) is 29.9 Å². The molecule has 2 aromatic heterocycles. The first kappa shape index (κ1) is 27.3. The van der Waals surface area contributed by atoms with E-state index in [9.17, 15) is 9.90 Å². The van der Waals surface area contributed by atoms with Gasteiger partial charge in [0, 0.05) is 53.5 Å². The first-order valence-electron chi connectivity index (χ1n) is 13.0. The van der Waals surface area contributed by atoms with Crippen molar-refractivity contribution >= 4 is 17.2 Å². The number of aromatic nitrogens is 3. The molecule has 3 heterocycles. The summed E-state index contributed by atoms with van der Waals surface area (Å²) in [7, 11) is 1.76. The predicted octanol–water partition coefficient (Wildman–Crippen LogP) is 5.51. The van der Waals surface area contributed by atoms with Gasteiger partial charge < -0.3 is 19.3 Å². The third-order valence-corrected chi connectivity index (χ3v) is 8.10. The van der Waals surface area contributed by atoms with Gasteiger partial charge in [-0.15, -0.1) is 11.3 Å². The number of carbonyl (C=O) groups is 1. The highest BCUT2D eigenvalue weighted by atomic mass is 32.1. The number of rotatable bonds is 6. The molecule has 1 aromatic carbocycles. The smallest absolute Gasteiger partial charge is 0.242 e. The van der Waals surface area contributed by atoms with Crippen LogP contribution in [-0.2, 0) is 28.8 Å². The van der Waals surface area contributed by atoms with Crippen molar-refractivity contribution in [1.82, 2.24) is 19.4 Å². The van der Waals surface area contributed by atoms with Crippen molar-refractivity contribution in [3.05, 3.63) is 52.6 Å². The van der Waals surface area contributed by atoms with Gasteiger partial charge in [0.2, 0.25) is 5.91 Å². The Morgan fingerprint density at radius 2 is 1.73 bits per heavy atom. The van der Waals surface area contributed by atoms with Gasteiger partial charge in [-0.2, -0.15) is 0 Å². The number of hydrogen-bond donors (Lipinski definition) is 1. The summed E-state index contributed by atoms with van der Waals surface area (Å²) in [5.74, 6) is 1.89. The normalized spacial score (nSPS) is 15.3. The van der Waals surface area contributed by atoms with Crippen LogP contribution in [0.1, 0.15) is 82.9 Å². The molecule has 1 N–H and O–H groups in total. The molecule has 1 saturated heterocycles. The summed E-state index contributed by atoms with van der Waals surface area (Å²) in [6.45, 7) is 14.8. The predicted molar refractivity (Wildman–Crippen MR) is 148 cm³/mol. The van der Waals surface area contributed by atoms with Gasteiger partial charge in [-0.05, 0) is 35.8 Å². The maximum absolute atomic E-state index is 12.8. The molecule has 0 radical (unpaired) electrons. The van der Waals surface area contributed by atoms with E-state index >= 15 is 0 Å². The van der Waals surface area contributed by atoms with Gasteiger partial charge in [-0.1, -0.05) is 41.5 Å². The van der Waals surface area contributed by atoms with Crippen LogP contribution in [0.2, 0.25) is 0 Å². The molecule has 1 fully saturated rings. The lowest BCUT2D eigenvalue weighted by Gasteiger charge is -2.31. The average Bonchev–Trinajstić information content (AvgIpc) is 3.52. The third kappa shape index (κ3) is 5.91. The number of likely N-dealkylation sites (tertiary alicyclic amines) is 1. The van der Waals surface area contributed by atoms with Crippen molar-refractivity contribution in [3.63, 3.8) is 0 Å². The Balaban J connectivity index is 1.51. The molecule has 0 aliphatic carbocycles. The standard InChI is InChI=1S/C29H40N4O3S/c1-28(2,3)21-14-20(15-22(26(21)36-7)29(4,5)6)27-31-23(18-37-27)19-8-11-32(12-9-19)25(35)16-33-13-10-30-24(33)17-34/h10,13-15,18-19,34H,8-9,11-12,16-17H2,1-7H3. The van der Waals surface area contributed by atoms with Gasteiger partial charge in [0.15, 0.2) is 0 Å². The molecule has 1 aliphatic heterocycles. The molecule has 0 spiro atoms. The van der Waals surface area contributed by atoms with E-state index in [1.807, 2.05) is 4.90 Å². The quantitative estimate of drug-likeness (QED) is 0.460. The molecule has 0 bridgehead atoms. The Hall–Kier alpha value is -2.71. The van der Waals surface area contributed by atoms with Crippen molar-refractivity contribution in [1.29, 1.82) is 0 Å². The Labute approximate surface area is 224 Å². The first-order valence-corrected chi connectivity index (χ1v) is 13.9. The van der Waals surface area contributed by atoms with E-state index in [1.165, 1.54) is 11.1 Å². The fourth-order valence-corrected chi connectivity index (χ4v) is 5.89. The monoisotopic (exact) mass is 524 g/mol. The topological polar surface area (TPSA) is 80.5 Å². The minimum absolute atomic E-state index is 0.0601. The van der Waals surface area contributed by atoms with E-state index in [1.54, 1.807) is 35.4 Å². The maximum atomic E-state index is 12.8. The number of methoxy groups -OCH3 is 1. The Morgan fingerprint density at radius 1 is 1.11 bits per heavy atom. The van der Waals surface area contributed by atoms with Gasteiger partial charge in [-0.25, -0.2) is 9.97 Å².